The highest BCUT2D eigenvalue weighted by Crippen LogP contribution is 2.31. The Labute approximate surface area is 150 Å². The largest absolute Gasteiger partial charge is 0.486 e. The van der Waals surface area contributed by atoms with E-state index in [0.29, 0.717) is 35.4 Å². The van der Waals surface area contributed by atoms with Crippen molar-refractivity contribution in [3.05, 3.63) is 18.2 Å². The van der Waals surface area contributed by atoms with Gasteiger partial charge < -0.3 is 20.1 Å². The summed E-state index contributed by atoms with van der Waals surface area (Å²) in [6, 6.07) is 5.53. The molecule has 2 aliphatic rings. The van der Waals surface area contributed by atoms with E-state index in [1.807, 2.05) is 0 Å². The number of carbonyl (C=O) groups is 1. The van der Waals surface area contributed by atoms with Crippen molar-refractivity contribution in [2.75, 3.05) is 32.1 Å². The second-order valence-corrected chi connectivity index (χ2v) is 7.27. The molecule has 1 unspecified atom stereocenters. The zero-order valence-corrected chi connectivity index (χ0v) is 15.0. The van der Waals surface area contributed by atoms with Gasteiger partial charge in [0.05, 0.1) is 10.8 Å². The molecule has 2 N–H and O–H groups in total. The molecule has 1 aromatic carbocycles. The molecule has 0 aromatic heterocycles. The number of amides is 1. The smallest absolute Gasteiger partial charge is 0.221 e. The second kappa shape index (κ2) is 9.25. The first-order chi connectivity index (χ1) is 11.2. The summed E-state index contributed by atoms with van der Waals surface area (Å²) in [7, 11) is -1.22. The van der Waals surface area contributed by atoms with Gasteiger partial charge in [-0.3, -0.25) is 9.00 Å². The van der Waals surface area contributed by atoms with Gasteiger partial charge in [-0.1, -0.05) is 0 Å². The normalized spacial score (nSPS) is 18.3. The van der Waals surface area contributed by atoms with Crippen LogP contribution in [-0.2, 0) is 15.6 Å². The quantitative estimate of drug-likeness (QED) is 0.811. The van der Waals surface area contributed by atoms with Gasteiger partial charge in [-0.25, -0.2) is 0 Å². The van der Waals surface area contributed by atoms with Crippen LogP contribution < -0.4 is 20.1 Å². The molecule has 1 atom stereocenters. The number of rotatable bonds is 5. The van der Waals surface area contributed by atoms with Gasteiger partial charge in [0, 0.05) is 29.2 Å². The fourth-order valence-corrected chi connectivity index (χ4v) is 3.80. The molecule has 3 rings (SSSR count). The van der Waals surface area contributed by atoms with Crippen molar-refractivity contribution in [1.29, 1.82) is 0 Å². The van der Waals surface area contributed by atoms with Crippen molar-refractivity contribution in [2.24, 2.45) is 0 Å². The van der Waals surface area contributed by atoms with E-state index in [9.17, 15) is 9.00 Å². The van der Waals surface area contributed by atoms with E-state index in [-0.39, 0.29) is 30.8 Å². The Morgan fingerprint density at radius 1 is 1.21 bits per heavy atom. The summed E-state index contributed by atoms with van der Waals surface area (Å²) in [6.07, 6.45) is 2.18. The number of benzene rings is 1. The minimum Gasteiger partial charge on any atom is -0.486 e. The number of hydrogen-bond acceptors (Lipinski definition) is 5. The molecule has 2 aliphatic heterocycles. The maximum atomic E-state index is 12.4. The summed E-state index contributed by atoms with van der Waals surface area (Å²) in [6.45, 7) is 2.91. The summed E-state index contributed by atoms with van der Waals surface area (Å²) < 4.78 is 23.3. The van der Waals surface area contributed by atoms with Gasteiger partial charge in [-0.15, -0.1) is 12.4 Å². The molecular formula is C16H23ClN2O4S. The average Bonchev–Trinajstić information content (AvgIpc) is 2.60. The van der Waals surface area contributed by atoms with Crippen LogP contribution in [0.15, 0.2) is 23.1 Å². The third-order valence-electron chi connectivity index (χ3n) is 4.00. The predicted octanol–water partition coefficient (Wildman–Crippen LogP) is 1.25. The minimum absolute atomic E-state index is 0. The fourth-order valence-electron chi connectivity index (χ4n) is 2.73. The monoisotopic (exact) mass is 374 g/mol. The summed E-state index contributed by atoms with van der Waals surface area (Å²) in [5.41, 5.74) is 0. The Balaban J connectivity index is 0.00000208. The summed E-state index contributed by atoms with van der Waals surface area (Å²) in [5, 5.41) is 6.28. The van der Waals surface area contributed by atoms with E-state index < -0.39 is 10.8 Å². The zero-order chi connectivity index (χ0) is 16.1. The molecule has 8 heteroatoms. The first-order valence-electron chi connectivity index (χ1n) is 8.00. The van der Waals surface area contributed by atoms with Crippen LogP contribution in [0, 0.1) is 0 Å². The van der Waals surface area contributed by atoms with E-state index in [1.54, 1.807) is 18.2 Å². The molecule has 0 spiro atoms. The van der Waals surface area contributed by atoms with Gasteiger partial charge in [0.25, 0.3) is 0 Å². The van der Waals surface area contributed by atoms with Crippen molar-refractivity contribution < 1.29 is 18.5 Å². The molecule has 1 aromatic rings. The van der Waals surface area contributed by atoms with Gasteiger partial charge in [-0.05, 0) is 38.1 Å². The van der Waals surface area contributed by atoms with E-state index in [1.165, 1.54) is 0 Å². The number of nitrogens with one attached hydrogen (secondary N) is 2. The maximum absolute atomic E-state index is 12.4. The molecular weight excluding hydrogens is 352 g/mol. The summed E-state index contributed by atoms with van der Waals surface area (Å²) in [4.78, 5) is 12.6. The van der Waals surface area contributed by atoms with Crippen LogP contribution in [0.3, 0.4) is 0 Å². The Kier molecular flexibility index (Phi) is 7.33. The lowest BCUT2D eigenvalue weighted by Gasteiger charge is -2.23. The molecule has 0 bridgehead atoms. The lowest BCUT2D eigenvalue weighted by molar-refractivity contribution is -0.121. The van der Waals surface area contributed by atoms with Crippen molar-refractivity contribution in [2.45, 2.75) is 30.2 Å². The van der Waals surface area contributed by atoms with Crippen LogP contribution in [0.2, 0.25) is 0 Å². The van der Waals surface area contributed by atoms with Gasteiger partial charge in [0.1, 0.15) is 13.2 Å². The molecule has 134 valence electrons. The van der Waals surface area contributed by atoms with Crippen molar-refractivity contribution in [3.63, 3.8) is 0 Å². The van der Waals surface area contributed by atoms with Crippen LogP contribution in [0.25, 0.3) is 0 Å². The van der Waals surface area contributed by atoms with Crippen LogP contribution in [-0.4, -0.2) is 48.2 Å². The first-order valence-corrected chi connectivity index (χ1v) is 9.32. The molecule has 1 saturated heterocycles. The predicted molar refractivity (Wildman–Crippen MR) is 94.6 cm³/mol. The SMILES string of the molecule is Cl.O=C(CCS(=O)c1ccc2c(c1)OCCO2)NC1CCNCC1. The Morgan fingerprint density at radius 3 is 2.67 bits per heavy atom. The second-order valence-electron chi connectivity index (χ2n) is 5.70. The molecule has 0 aliphatic carbocycles. The highest BCUT2D eigenvalue weighted by Gasteiger charge is 2.17. The van der Waals surface area contributed by atoms with Crippen LogP contribution in [0.5, 0.6) is 11.5 Å². The minimum atomic E-state index is -1.22. The van der Waals surface area contributed by atoms with E-state index in [4.69, 9.17) is 9.47 Å². The highest BCUT2D eigenvalue weighted by molar-refractivity contribution is 7.85. The van der Waals surface area contributed by atoms with Gasteiger partial charge in [-0.2, -0.15) is 0 Å². The van der Waals surface area contributed by atoms with Crippen LogP contribution in [0.4, 0.5) is 0 Å². The zero-order valence-electron chi connectivity index (χ0n) is 13.4. The Bertz CT molecular complexity index is 593. The molecule has 6 nitrogen and oxygen atoms in total. The molecule has 2 heterocycles. The summed E-state index contributed by atoms with van der Waals surface area (Å²) >= 11 is 0. The standard InChI is InChI=1S/C16H22N2O4S.ClH/c19-16(18-12-3-6-17-7-4-12)5-10-23(20)13-1-2-14-15(11-13)22-9-8-21-14;/h1-2,11-12,17H,3-10H2,(H,18,19);1H. The average molecular weight is 375 g/mol. The molecule has 24 heavy (non-hydrogen) atoms. The number of halogens is 1. The van der Waals surface area contributed by atoms with Gasteiger partial charge >= 0.3 is 0 Å². The lowest BCUT2D eigenvalue weighted by Crippen LogP contribution is -2.42. The van der Waals surface area contributed by atoms with E-state index in [0.717, 1.165) is 25.9 Å². The van der Waals surface area contributed by atoms with Crippen LogP contribution >= 0.6 is 12.4 Å². The maximum Gasteiger partial charge on any atom is 0.221 e. The van der Waals surface area contributed by atoms with E-state index >= 15 is 0 Å². The topological polar surface area (TPSA) is 76.7 Å². The Morgan fingerprint density at radius 2 is 1.92 bits per heavy atom. The third kappa shape index (κ3) is 5.09. The summed E-state index contributed by atoms with van der Waals surface area (Å²) in [5.74, 6) is 1.60. The van der Waals surface area contributed by atoms with Gasteiger partial charge in [0.2, 0.25) is 5.91 Å². The number of fused-ring (bicyclic) bond motifs is 1. The molecule has 1 fully saturated rings. The van der Waals surface area contributed by atoms with Crippen molar-refractivity contribution >= 4 is 29.1 Å². The highest BCUT2D eigenvalue weighted by atomic mass is 35.5. The van der Waals surface area contributed by atoms with Gasteiger partial charge in [0.15, 0.2) is 11.5 Å². The first kappa shape index (κ1) is 19.0. The number of piperidine rings is 1. The van der Waals surface area contributed by atoms with E-state index in [2.05, 4.69) is 10.6 Å². The van der Waals surface area contributed by atoms with Crippen molar-refractivity contribution in [3.8, 4) is 11.5 Å². The number of hydrogen-bond donors (Lipinski definition) is 2. The molecule has 0 radical (unpaired) electrons. The van der Waals surface area contributed by atoms with Crippen LogP contribution in [0.1, 0.15) is 19.3 Å². The van der Waals surface area contributed by atoms with Crippen molar-refractivity contribution in [1.82, 2.24) is 10.6 Å². The number of ether oxygens (including phenoxy) is 2. The molecule has 1 amide bonds. The Hall–Kier alpha value is -1.31. The third-order valence-corrected chi connectivity index (χ3v) is 5.35. The lowest BCUT2D eigenvalue weighted by atomic mass is 10.1. The molecule has 0 saturated carbocycles. The fraction of sp³-hybridized carbons (Fsp3) is 0.562. The number of carbonyl (C=O) groups excluding carboxylic acids is 1.